The van der Waals surface area contributed by atoms with Crippen molar-refractivity contribution in [2.75, 3.05) is 24.2 Å². The summed E-state index contributed by atoms with van der Waals surface area (Å²) in [5.74, 6) is 0. The first-order chi connectivity index (χ1) is 8.11. The third-order valence-electron chi connectivity index (χ3n) is 2.95. The lowest BCUT2D eigenvalue weighted by molar-refractivity contribution is 0.853. The first-order valence-corrected chi connectivity index (χ1v) is 6.00. The predicted octanol–water partition coefficient (Wildman–Crippen LogP) is 2.97. The Bertz CT molecular complexity index is 534. The topological polar surface area (TPSA) is 42.2 Å². The van der Waals surface area contributed by atoms with Gasteiger partial charge in [-0.2, -0.15) is 0 Å². The van der Waals surface area contributed by atoms with Crippen LogP contribution >= 0.6 is 0 Å². The lowest BCUT2D eigenvalue weighted by Crippen LogP contribution is -2.17. The monoisotopic (exact) mass is 229 g/mol. The molecule has 0 unspecified atom stereocenters. The molecule has 1 heterocycles. The van der Waals surface area contributed by atoms with Crippen LogP contribution in [0, 0.1) is 6.92 Å². The summed E-state index contributed by atoms with van der Waals surface area (Å²) in [7, 11) is 2.10. The fourth-order valence-corrected chi connectivity index (χ4v) is 2.08. The fraction of sp³-hybridized carbons (Fsp3) is 0.357. The highest BCUT2D eigenvalue weighted by atomic mass is 15.1. The Morgan fingerprint density at radius 2 is 2.06 bits per heavy atom. The number of fused-ring (bicyclic) bond motifs is 1. The number of anilines is 2. The number of aromatic nitrogens is 1. The van der Waals surface area contributed by atoms with Crippen molar-refractivity contribution < 1.29 is 0 Å². The molecular weight excluding hydrogens is 210 g/mol. The third kappa shape index (κ3) is 2.33. The van der Waals surface area contributed by atoms with Crippen LogP contribution in [0.25, 0.3) is 10.9 Å². The van der Waals surface area contributed by atoms with E-state index < -0.39 is 0 Å². The van der Waals surface area contributed by atoms with Crippen LogP contribution in [0.3, 0.4) is 0 Å². The van der Waals surface area contributed by atoms with Crippen LogP contribution in [0.4, 0.5) is 11.4 Å². The first-order valence-electron chi connectivity index (χ1n) is 6.00. The Balaban J connectivity index is 2.50. The quantitative estimate of drug-likeness (QED) is 0.879. The highest BCUT2D eigenvalue weighted by Gasteiger charge is 2.05. The Kier molecular flexibility index (Phi) is 3.18. The van der Waals surface area contributed by atoms with Crippen molar-refractivity contribution in [1.29, 1.82) is 0 Å². The van der Waals surface area contributed by atoms with Crippen molar-refractivity contribution in [1.82, 2.24) is 4.98 Å². The summed E-state index contributed by atoms with van der Waals surface area (Å²) >= 11 is 0. The van der Waals surface area contributed by atoms with Crippen LogP contribution in [0.2, 0.25) is 0 Å². The molecule has 0 atom stereocenters. The Morgan fingerprint density at radius 3 is 2.76 bits per heavy atom. The van der Waals surface area contributed by atoms with Crippen LogP contribution in [0.1, 0.15) is 19.0 Å². The fourth-order valence-electron chi connectivity index (χ4n) is 2.08. The van der Waals surface area contributed by atoms with Gasteiger partial charge in [-0.05, 0) is 37.6 Å². The molecule has 3 heteroatoms. The molecule has 17 heavy (non-hydrogen) atoms. The third-order valence-corrected chi connectivity index (χ3v) is 2.95. The van der Waals surface area contributed by atoms with Crippen molar-refractivity contribution >= 4 is 22.3 Å². The number of nitrogen functional groups attached to an aromatic ring is 1. The number of benzene rings is 1. The SMILES string of the molecule is CCCN(C)c1ccc2nc(C)cc(N)c2c1. The average molecular weight is 229 g/mol. The van der Waals surface area contributed by atoms with Crippen LogP contribution < -0.4 is 10.6 Å². The molecule has 0 amide bonds. The largest absolute Gasteiger partial charge is 0.398 e. The second-order valence-corrected chi connectivity index (χ2v) is 4.48. The molecule has 0 saturated carbocycles. The van der Waals surface area contributed by atoms with Crippen LogP contribution in [0.5, 0.6) is 0 Å². The number of rotatable bonds is 3. The summed E-state index contributed by atoms with van der Waals surface area (Å²) in [6, 6.07) is 8.18. The van der Waals surface area contributed by atoms with E-state index in [1.807, 2.05) is 19.1 Å². The molecule has 0 spiro atoms. The molecule has 0 saturated heterocycles. The minimum atomic E-state index is 0.805. The molecule has 0 fully saturated rings. The van der Waals surface area contributed by atoms with Crippen molar-refractivity contribution in [2.45, 2.75) is 20.3 Å². The predicted molar refractivity (Wildman–Crippen MR) is 74.5 cm³/mol. The zero-order valence-corrected chi connectivity index (χ0v) is 10.7. The van der Waals surface area contributed by atoms with Gasteiger partial charge in [0.15, 0.2) is 0 Å². The Labute approximate surface area is 102 Å². The summed E-state index contributed by atoms with van der Waals surface area (Å²) < 4.78 is 0. The van der Waals surface area contributed by atoms with Crippen LogP contribution in [-0.2, 0) is 0 Å². The molecular formula is C14H19N3. The maximum Gasteiger partial charge on any atom is 0.0727 e. The van der Waals surface area contributed by atoms with Gasteiger partial charge in [0.1, 0.15) is 0 Å². The minimum absolute atomic E-state index is 0.805. The van der Waals surface area contributed by atoms with E-state index in [0.717, 1.165) is 35.2 Å². The summed E-state index contributed by atoms with van der Waals surface area (Å²) in [6.07, 6.45) is 1.14. The van der Waals surface area contributed by atoms with Crippen LogP contribution in [0.15, 0.2) is 24.3 Å². The second-order valence-electron chi connectivity index (χ2n) is 4.48. The van der Waals surface area contributed by atoms with Crippen molar-refractivity contribution in [3.63, 3.8) is 0 Å². The summed E-state index contributed by atoms with van der Waals surface area (Å²) in [5, 5.41) is 1.04. The van der Waals surface area contributed by atoms with Gasteiger partial charge in [-0.3, -0.25) is 4.98 Å². The lowest BCUT2D eigenvalue weighted by atomic mass is 10.1. The molecule has 1 aromatic heterocycles. The van der Waals surface area contributed by atoms with E-state index in [2.05, 4.69) is 36.0 Å². The van der Waals surface area contributed by atoms with E-state index in [1.165, 1.54) is 5.69 Å². The van der Waals surface area contributed by atoms with Gasteiger partial charge in [-0.1, -0.05) is 6.92 Å². The highest BCUT2D eigenvalue weighted by molar-refractivity contribution is 5.92. The number of pyridine rings is 1. The summed E-state index contributed by atoms with van der Waals surface area (Å²) in [6.45, 7) is 5.19. The van der Waals surface area contributed by atoms with Gasteiger partial charge in [-0.15, -0.1) is 0 Å². The number of hydrogen-bond acceptors (Lipinski definition) is 3. The molecule has 0 radical (unpaired) electrons. The maximum atomic E-state index is 6.04. The Morgan fingerprint density at radius 1 is 1.29 bits per heavy atom. The van der Waals surface area contributed by atoms with Gasteiger partial charge in [0.25, 0.3) is 0 Å². The maximum absolute atomic E-state index is 6.04. The smallest absolute Gasteiger partial charge is 0.0727 e. The van der Waals surface area contributed by atoms with E-state index in [0.29, 0.717) is 0 Å². The number of nitrogens with two attached hydrogens (primary N) is 1. The Hall–Kier alpha value is -1.77. The van der Waals surface area contributed by atoms with E-state index >= 15 is 0 Å². The molecule has 3 nitrogen and oxygen atoms in total. The molecule has 2 aromatic rings. The standard InChI is InChI=1S/C14H19N3/c1-4-7-17(3)11-5-6-14-12(9-11)13(15)8-10(2)16-14/h5-6,8-9H,4,7H2,1-3H3,(H2,15,16). The van der Waals surface area contributed by atoms with Crippen molar-refractivity contribution in [2.24, 2.45) is 0 Å². The zero-order valence-electron chi connectivity index (χ0n) is 10.7. The molecule has 1 aromatic carbocycles. The number of nitrogens with zero attached hydrogens (tertiary/aromatic N) is 2. The molecule has 90 valence electrons. The molecule has 2 N–H and O–H groups in total. The number of hydrogen-bond donors (Lipinski definition) is 1. The van der Waals surface area contributed by atoms with E-state index in [4.69, 9.17) is 5.73 Å². The van der Waals surface area contributed by atoms with Gasteiger partial charge in [-0.25, -0.2) is 0 Å². The first kappa shape index (κ1) is 11.7. The molecule has 0 aliphatic rings. The average Bonchev–Trinajstić information content (AvgIpc) is 2.28. The minimum Gasteiger partial charge on any atom is -0.398 e. The molecule has 2 rings (SSSR count). The highest BCUT2D eigenvalue weighted by Crippen LogP contribution is 2.25. The van der Waals surface area contributed by atoms with Gasteiger partial charge in [0, 0.05) is 36.0 Å². The van der Waals surface area contributed by atoms with Gasteiger partial charge < -0.3 is 10.6 Å². The van der Waals surface area contributed by atoms with Crippen molar-refractivity contribution in [3.05, 3.63) is 30.0 Å². The van der Waals surface area contributed by atoms with Gasteiger partial charge >= 0.3 is 0 Å². The lowest BCUT2D eigenvalue weighted by Gasteiger charge is -2.19. The molecule has 0 aliphatic heterocycles. The van der Waals surface area contributed by atoms with Gasteiger partial charge in [0.2, 0.25) is 0 Å². The van der Waals surface area contributed by atoms with E-state index in [1.54, 1.807) is 0 Å². The molecule has 0 bridgehead atoms. The normalized spacial score (nSPS) is 10.8. The zero-order chi connectivity index (χ0) is 12.4. The number of aryl methyl sites for hydroxylation is 1. The van der Waals surface area contributed by atoms with Crippen molar-refractivity contribution in [3.8, 4) is 0 Å². The van der Waals surface area contributed by atoms with E-state index in [-0.39, 0.29) is 0 Å². The summed E-state index contributed by atoms with van der Waals surface area (Å²) in [5.41, 5.74) is 9.97. The van der Waals surface area contributed by atoms with Gasteiger partial charge in [0.05, 0.1) is 5.52 Å². The van der Waals surface area contributed by atoms with E-state index in [9.17, 15) is 0 Å². The second kappa shape index (κ2) is 4.62. The summed E-state index contributed by atoms with van der Waals surface area (Å²) in [4.78, 5) is 6.72. The van der Waals surface area contributed by atoms with Crippen LogP contribution in [-0.4, -0.2) is 18.6 Å². The molecule has 0 aliphatic carbocycles.